The SMILES string of the molecule is CN(CC(O)CN1CCOCC1)c1ccc2ccccc2c1. The molecule has 2 aromatic carbocycles. The molecule has 1 aliphatic heterocycles. The van der Waals surface area contributed by atoms with Gasteiger partial charge in [0.15, 0.2) is 0 Å². The number of benzene rings is 2. The zero-order valence-corrected chi connectivity index (χ0v) is 13.1. The maximum atomic E-state index is 10.3. The molecule has 3 rings (SSSR count). The molecule has 4 nitrogen and oxygen atoms in total. The molecule has 118 valence electrons. The number of hydrogen-bond donors (Lipinski definition) is 1. The normalized spacial score (nSPS) is 17.5. The third-order valence-electron chi connectivity index (χ3n) is 4.23. The molecule has 0 spiro atoms. The molecule has 4 heteroatoms. The lowest BCUT2D eigenvalue weighted by atomic mass is 10.1. The fourth-order valence-electron chi connectivity index (χ4n) is 2.98. The van der Waals surface area contributed by atoms with Crippen LogP contribution in [-0.2, 0) is 4.74 Å². The summed E-state index contributed by atoms with van der Waals surface area (Å²) in [7, 11) is 2.03. The summed E-state index contributed by atoms with van der Waals surface area (Å²) in [4.78, 5) is 4.39. The first-order chi connectivity index (χ1) is 10.7. The highest BCUT2D eigenvalue weighted by molar-refractivity contribution is 5.85. The van der Waals surface area contributed by atoms with E-state index in [0.717, 1.165) is 32.0 Å². The average Bonchev–Trinajstić information content (AvgIpc) is 2.55. The quantitative estimate of drug-likeness (QED) is 0.916. The molecule has 0 saturated carbocycles. The van der Waals surface area contributed by atoms with Gasteiger partial charge in [0.25, 0.3) is 0 Å². The van der Waals surface area contributed by atoms with Crippen molar-refractivity contribution in [3.63, 3.8) is 0 Å². The van der Waals surface area contributed by atoms with Crippen molar-refractivity contribution in [3.05, 3.63) is 42.5 Å². The first kappa shape index (κ1) is 15.3. The van der Waals surface area contributed by atoms with Crippen molar-refractivity contribution in [1.82, 2.24) is 4.90 Å². The van der Waals surface area contributed by atoms with Gasteiger partial charge in [0.1, 0.15) is 0 Å². The number of nitrogens with zero attached hydrogens (tertiary/aromatic N) is 2. The lowest BCUT2D eigenvalue weighted by Crippen LogP contribution is -2.44. The predicted octanol–water partition coefficient (Wildman–Crippen LogP) is 1.97. The van der Waals surface area contributed by atoms with E-state index in [4.69, 9.17) is 4.74 Å². The lowest BCUT2D eigenvalue weighted by Gasteiger charge is -2.30. The Bertz CT molecular complexity index is 611. The Morgan fingerprint density at radius 3 is 2.64 bits per heavy atom. The Morgan fingerprint density at radius 2 is 1.86 bits per heavy atom. The largest absolute Gasteiger partial charge is 0.390 e. The third-order valence-corrected chi connectivity index (χ3v) is 4.23. The second kappa shape index (κ2) is 7.09. The van der Waals surface area contributed by atoms with Crippen LogP contribution < -0.4 is 4.90 Å². The Kier molecular flexibility index (Phi) is 4.93. The molecule has 1 fully saturated rings. The molecule has 1 aliphatic rings. The van der Waals surface area contributed by atoms with Crippen LogP contribution in [0.1, 0.15) is 0 Å². The Hall–Kier alpha value is -1.62. The standard InChI is InChI=1S/C18H24N2O2/c1-19(13-18(21)14-20-8-10-22-11-9-20)17-7-6-15-4-2-3-5-16(15)12-17/h2-7,12,18,21H,8-11,13-14H2,1H3. The molecule has 2 aromatic rings. The van der Waals surface area contributed by atoms with Gasteiger partial charge in [-0.25, -0.2) is 0 Å². The minimum atomic E-state index is -0.352. The van der Waals surface area contributed by atoms with Gasteiger partial charge < -0.3 is 14.7 Å². The first-order valence-corrected chi connectivity index (χ1v) is 7.90. The van der Waals surface area contributed by atoms with E-state index in [2.05, 4.69) is 52.3 Å². The second-order valence-electron chi connectivity index (χ2n) is 5.98. The van der Waals surface area contributed by atoms with Gasteiger partial charge >= 0.3 is 0 Å². The van der Waals surface area contributed by atoms with Crippen molar-refractivity contribution in [3.8, 4) is 0 Å². The van der Waals surface area contributed by atoms with Gasteiger partial charge in [0.05, 0.1) is 19.3 Å². The number of aliphatic hydroxyl groups excluding tert-OH is 1. The summed E-state index contributed by atoms with van der Waals surface area (Å²) in [5, 5.41) is 12.8. The van der Waals surface area contributed by atoms with Crippen LogP contribution in [0.25, 0.3) is 10.8 Å². The number of aliphatic hydroxyl groups is 1. The molecule has 0 aromatic heterocycles. The number of rotatable bonds is 5. The zero-order valence-electron chi connectivity index (χ0n) is 13.1. The predicted molar refractivity (Wildman–Crippen MR) is 90.5 cm³/mol. The fourth-order valence-corrected chi connectivity index (χ4v) is 2.98. The summed E-state index contributed by atoms with van der Waals surface area (Å²) in [6.45, 7) is 4.71. The average molecular weight is 300 g/mol. The van der Waals surface area contributed by atoms with Crippen molar-refractivity contribution in [2.75, 3.05) is 51.3 Å². The number of likely N-dealkylation sites (N-methyl/N-ethyl adjacent to an activating group) is 1. The summed E-state index contributed by atoms with van der Waals surface area (Å²) in [5.74, 6) is 0. The molecule has 1 heterocycles. The van der Waals surface area contributed by atoms with E-state index in [1.54, 1.807) is 0 Å². The molecule has 0 radical (unpaired) electrons. The molecule has 0 amide bonds. The first-order valence-electron chi connectivity index (χ1n) is 7.90. The molecule has 1 saturated heterocycles. The van der Waals surface area contributed by atoms with Crippen molar-refractivity contribution in [2.24, 2.45) is 0 Å². The van der Waals surface area contributed by atoms with Gasteiger partial charge in [0, 0.05) is 38.9 Å². The van der Waals surface area contributed by atoms with Crippen LogP contribution in [0.4, 0.5) is 5.69 Å². The minimum Gasteiger partial charge on any atom is -0.390 e. The van der Waals surface area contributed by atoms with E-state index in [1.807, 2.05) is 7.05 Å². The third kappa shape index (κ3) is 3.77. The number of hydrogen-bond acceptors (Lipinski definition) is 4. The van der Waals surface area contributed by atoms with Gasteiger partial charge in [-0.05, 0) is 22.9 Å². The summed E-state index contributed by atoms with van der Waals surface area (Å²) in [6.07, 6.45) is -0.352. The number of anilines is 1. The maximum Gasteiger partial charge on any atom is 0.0841 e. The van der Waals surface area contributed by atoms with Gasteiger partial charge in [-0.15, -0.1) is 0 Å². The second-order valence-corrected chi connectivity index (χ2v) is 5.98. The van der Waals surface area contributed by atoms with Crippen LogP contribution in [0.2, 0.25) is 0 Å². The molecular formula is C18H24N2O2. The number of ether oxygens (including phenoxy) is 1. The topological polar surface area (TPSA) is 35.9 Å². The fraction of sp³-hybridized carbons (Fsp3) is 0.444. The van der Waals surface area contributed by atoms with Crippen LogP contribution in [0.5, 0.6) is 0 Å². The molecule has 0 aliphatic carbocycles. The Morgan fingerprint density at radius 1 is 1.14 bits per heavy atom. The lowest BCUT2D eigenvalue weighted by molar-refractivity contribution is 0.0162. The van der Waals surface area contributed by atoms with E-state index in [-0.39, 0.29) is 6.10 Å². The summed E-state index contributed by atoms with van der Waals surface area (Å²) >= 11 is 0. The highest BCUT2D eigenvalue weighted by Gasteiger charge is 2.16. The molecule has 22 heavy (non-hydrogen) atoms. The minimum absolute atomic E-state index is 0.352. The van der Waals surface area contributed by atoms with Crippen LogP contribution in [0.15, 0.2) is 42.5 Å². The molecular weight excluding hydrogens is 276 g/mol. The summed E-state index contributed by atoms with van der Waals surface area (Å²) < 4.78 is 5.34. The van der Waals surface area contributed by atoms with E-state index < -0.39 is 0 Å². The number of morpholine rings is 1. The maximum absolute atomic E-state index is 10.3. The summed E-state index contributed by atoms with van der Waals surface area (Å²) in [6, 6.07) is 14.8. The van der Waals surface area contributed by atoms with Gasteiger partial charge in [0.2, 0.25) is 0 Å². The smallest absolute Gasteiger partial charge is 0.0841 e. The van der Waals surface area contributed by atoms with E-state index in [9.17, 15) is 5.11 Å². The van der Waals surface area contributed by atoms with Crippen molar-refractivity contribution in [2.45, 2.75) is 6.10 Å². The molecule has 1 N–H and O–H groups in total. The van der Waals surface area contributed by atoms with Gasteiger partial charge in [-0.3, -0.25) is 4.90 Å². The van der Waals surface area contributed by atoms with Crippen LogP contribution in [-0.4, -0.2) is 62.6 Å². The van der Waals surface area contributed by atoms with Crippen molar-refractivity contribution in [1.29, 1.82) is 0 Å². The molecule has 1 atom stereocenters. The van der Waals surface area contributed by atoms with Crippen molar-refractivity contribution >= 4 is 16.5 Å². The van der Waals surface area contributed by atoms with Crippen LogP contribution >= 0.6 is 0 Å². The van der Waals surface area contributed by atoms with E-state index in [1.165, 1.54) is 10.8 Å². The highest BCUT2D eigenvalue weighted by Crippen LogP contribution is 2.21. The van der Waals surface area contributed by atoms with Crippen molar-refractivity contribution < 1.29 is 9.84 Å². The Balaban J connectivity index is 1.60. The van der Waals surface area contributed by atoms with Gasteiger partial charge in [-0.2, -0.15) is 0 Å². The van der Waals surface area contributed by atoms with Crippen LogP contribution in [0.3, 0.4) is 0 Å². The van der Waals surface area contributed by atoms with E-state index >= 15 is 0 Å². The monoisotopic (exact) mass is 300 g/mol. The van der Waals surface area contributed by atoms with Gasteiger partial charge in [-0.1, -0.05) is 30.3 Å². The zero-order chi connectivity index (χ0) is 15.4. The number of β-amino-alcohol motifs (C(OH)–C–C–N with tert-alkyl or cyclic N) is 1. The van der Waals surface area contributed by atoms with Crippen LogP contribution in [0, 0.1) is 0 Å². The number of fused-ring (bicyclic) bond motifs is 1. The highest BCUT2D eigenvalue weighted by atomic mass is 16.5. The molecule has 1 unspecified atom stereocenters. The summed E-state index contributed by atoms with van der Waals surface area (Å²) in [5.41, 5.74) is 1.14. The Labute approximate surface area is 131 Å². The molecule has 0 bridgehead atoms. The van der Waals surface area contributed by atoms with E-state index in [0.29, 0.717) is 13.1 Å².